The van der Waals surface area contributed by atoms with Crippen molar-refractivity contribution in [2.45, 2.75) is 20.5 Å². The number of benzene rings is 4. The van der Waals surface area contributed by atoms with Crippen LogP contribution in [0, 0.1) is 19.7 Å². The van der Waals surface area contributed by atoms with E-state index in [2.05, 4.69) is 0 Å². The normalized spacial score (nSPS) is 15.1. The van der Waals surface area contributed by atoms with Crippen LogP contribution in [0.5, 0.6) is 11.5 Å². The van der Waals surface area contributed by atoms with Crippen molar-refractivity contribution in [2.24, 2.45) is 4.99 Å². The van der Waals surface area contributed by atoms with E-state index in [9.17, 15) is 9.18 Å². The Hall–Kier alpha value is -3.49. The zero-order valence-corrected chi connectivity index (χ0v) is 25.8. The average Bonchev–Trinajstić information content (AvgIpc) is 3.26. The molecular formula is C32H24Cl3FN2O3S. The van der Waals surface area contributed by atoms with Gasteiger partial charge in [0.25, 0.3) is 5.91 Å². The van der Waals surface area contributed by atoms with Gasteiger partial charge in [0.1, 0.15) is 12.4 Å². The minimum absolute atomic E-state index is 0.0333. The number of nitrogens with zero attached hydrogens (tertiary/aromatic N) is 2. The van der Waals surface area contributed by atoms with E-state index in [4.69, 9.17) is 49.3 Å². The summed E-state index contributed by atoms with van der Waals surface area (Å²) >= 11 is 20.5. The van der Waals surface area contributed by atoms with Gasteiger partial charge in [-0.05, 0) is 90.8 Å². The van der Waals surface area contributed by atoms with Gasteiger partial charge in [-0.1, -0.05) is 65.1 Å². The number of anilines is 1. The van der Waals surface area contributed by atoms with Crippen molar-refractivity contribution in [1.82, 2.24) is 0 Å². The summed E-state index contributed by atoms with van der Waals surface area (Å²) in [6, 6.07) is 20.6. The number of carbonyl (C=O) groups is 1. The van der Waals surface area contributed by atoms with Gasteiger partial charge in [-0.3, -0.25) is 9.69 Å². The van der Waals surface area contributed by atoms with Crippen molar-refractivity contribution in [1.29, 1.82) is 0 Å². The van der Waals surface area contributed by atoms with Crippen LogP contribution < -0.4 is 14.4 Å². The summed E-state index contributed by atoms with van der Waals surface area (Å²) in [5.74, 6) is -0.0572. The van der Waals surface area contributed by atoms with E-state index in [1.165, 1.54) is 29.8 Å². The first-order chi connectivity index (χ1) is 20.1. The molecule has 0 unspecified atom stereocenters. The number of rotatable bonds is 7. The molecule has 1 amide bonds. The number of aliphatic imine (C=N–C) groups is 1. The van der Waals surface area contributed by atoms with E-state index in [-0.39, 0.29) is 29.1 Å². The highest BCUT2D eigenvalue weighted by Gasteiger charge is 2.35. The zero-order valence-electron chi connectivity index (χ0n) is 22.8. The molecule has 0 radical (unpaired) electrons. The van der Waals surface area contributed by atoms with E-state index in [1.54, 1.807) is 48.5 Å². The highest BCUT2D eigenvalue weighted by molar-refractivity contribution is 8.19. The Kier molecular flexibility index (Phi) is 9.13. The second-order valence-electron chi connectivity index (χ2n) is 9.43. The fraction of sp³-hybridized carbons (Fsp3) is 0.125. The van der Waals surface area contributed by atoms with Crippen LogP contribution in [0.3, 0.4) is 0 Å². The Labute approximate surface area is 262 Å². The predicted molar refractivity (Wildman–Crippen MR) is 171 cm³/mol. The number of ether oxygens (including phenoxy) is 2. The van der Waals surface area contributed by atoms with Gasteiger partial charge in [0.15, 0.2) is 16.7 Å². The molecule has 0 atom stereocenters. The molecule has 0 spiro atoms. The molecule has 10 heteroatoms. The molecule has 42 heavy (non-hydrogen) atoms. The highest BCUT2D eigenvalue weighted by atomic mass is 35.5. The molecule has 1 aliphatic rings. The lowest BCUT2D eigenvalue weighted by molar-refractivity contribution is -0.113. The van der Waals surface area contributed by atoms with Gasteiger partial charge in [-0.15, -0.1) is 0 Å². The molecule has 1 aliphatic heterocycles. The summed E-state index contributed by atoms with van der Waals surface area (Å²) in [6.45, 7) is 3.76. The molecule has 0 saturated carbocycles. The largest absolute Gasteiger partial charge is 0.493 e. The van der Waals surface area contributed by atoms with Crippen molar-refractivity contribution < 1.29 is 18.7 Å². The number of hydrogen-bond acceptors (Lipinski definition) is 5. The fourth-order valence-electron chi connectivity index (χ4n) is 4.14. The first-order valence-corrected chi connectivity index (χ1v) is 14.7. The predicted octanol–water partition coefficient (Wildman–Crippen LogP) is 9.80. The number of aryl methyl sites for hydroxylation is 2. The lowest BCUT2D eigenvalue weighted by Gasteiger charge is -2.17. The van der Waals surface area contributed by atoms with Gasteiger partial charge in [-0.2, -0.15) is 0 Å². The first-order valence-electron chi connectivity index (χ1n) is 12.7. The van der Waals surface area contributed by atoms with Crippen LogP contribution in [0.25, 0.3) is 6.08 Å². The third-order valence-corrected chi connectivity index (χ3v) is 8.54. The van der Waals surface area contributed by atoms with Crippen LogP contribution in [0.4, 0.5) is 15.8 Å². The van der Waals surface area contributed by atoms with E-state index in [0.717, 1.165) is 11.1 Å². The number of halogens is 4. The maximum atomic E-state index is 14.1. The minimum atomic E-state index is -0.379. The van der Waals surface area contributed by atoms with Gasteiger partial charge in [0.05, 0.1) is 28.4 Å². The Morgan fingerprint density at radius 2 is 1.64 bits per heavy atom. The molecule has 214 valence electrons. The van der Waals surface area contributed by atoms with E-state index in [0.29, 0.717) is 48.4 Å². The minimum Gasteiger partial charge on any atom is -0.493 e. The number of amidine groups is 1. The van der Waals surface area contributed by atoms with Crippen LogP contribution in [0.1, 0.15) is 22.3 Å². The molecule has 0 aromatic heterocycles. The Morgan fingerprint density at radius 3 is 2.33 bits per heavy atom. The van der Waals surface area contributed by atoms with Crippen LogP contribution in [-0.2, 0) is 11.4 Å². The van der Waals surface area contributed by atoms with Crippen molar-refractivity contribution in [2.75, 3.05) is 12.0 Å². The smallest absolute Gasteiger partial charge is 0.271 e. The molecule has 1 heterocycles. The van der Waals surface area contributed by atoms with Gasteiger partial charge >= 0.3 is 0 Å². The summed E-state index contributed by atoms with van der Waals surface area (Å²) in [6.07, 6.45) is 1.70. The van der Waals surface area contributed by atoms with Gasteiger partial charge in [0, 0.05) is 15.6 Å². The van der Waals surface area contributed by atoms with Gasteiger partial charge in [-0.25, -0.2) is 9.38 Å². The number of hydrogen-bond donors (Lipinski definition) is 0. The maximum Gasteiger partial charge on any atom is 0.271 e. The summed E-state index contributed by atoms with van der Waals surface area (Å²) in [4.78, 5) is 20.5. The lowest BCUT2D eigenvalue weighted by atomic mass is 10.1. The maximum absolute atomic E-state index is 14.1. The molecule has 5 rings (SSSR count). The standard InChI is InChI=1S/C32H24Cl3FN2O3S/c1-18-8-10-22(15-24(18)33)37-32-38(23-11-9-19(2)25(34)16-23)31(39)29(42-32)14-20-12-26(35)30(28(13-20)40-3)41-17-21-6-4-5-7-27(21)36/h4-16H,17H2,1-3H3/b29-14+,37-32?. The van der Waals surface area contributed by atoms with Crippen molar-refractivity contribution in [3.63, 3.8) is 0 Å². The van der Waals surface area contributed by atoms with Crippen LogP contribution in [-0.4, -0.2) is 18.2 Å². The third kappa shape index (κ3) is 6.45. The third-order valence-electron chi connectivity index (χ3n) is 6.48. The second-order valence-corrected chi connectivity index (χ2v) is 11.7. The highest BCUT2D eigenvalue weighted by Crippen LogP contribution is 2.41. The number of carbonyl (C=O) groups excluding carboxylic acids is 1. The number of methoxy groups -OCH3 is 1. The second kappa shape index (κ2) is 12.8. The van der Waals surface area contributed by atoms with Crippen LogP contribution in [0.15, 0.2) is 82.7 Å². The van der Waals surface area contributed by atoms with Crippen molar-refractivity contribution in [3.05, 3.63) is 121 Å². The Morgan fingerprint density at radius 1 is 0.929 bits per heavy atom. The molecular weight excluding hydrogens is 618 g/mol. The zero-order chi connectivity index (χ0) is 30.0. The Bertz CT molecular complexity index is 1760. The Balaban J connectivity index is 1.51. The quantitative estimate of drug-likeness (QED) is 0.189. The van der Waals surface area contributed by atoms with Crippen molar-refractivity contribution in [3.8, 4) is 11.5 Å². The SMILES string of the molecule is COc1cc(/C=C2/SC(=Nc3ccc(C)c(Cl)c3)N(c3ccc(C)c(Cl)c3)C2=O)cc(Cl)c1OCc1ccccc1F. The van der Waals surface area contributed by atoms with Gasteiger partial charge in [0.2, 0.25) is 0 Å². The lowest BCUT2D eigenvalue weighted by Crippen LogP contribution is -2.28. The van der Waals surface area contributed by atoms with E-state index < -0.39 is 0 Å². The molecule has 0 aliphatic carbocycles. The molecule has 0 N–H and O–H groups in total. The van der Waals surface area contributed by atoms with E-state index >= 15 is 0 Å². The molecule has 5 nitrogen and oxygen atoms in total. The fourth-order valence-corrected chi connectivity index (χ4v) is 5.76. The van der Waals surface area contributed by atoms with Crippen LogP contribution in [0.2, 0.25) is 15.1 Å². The number of thioether (sulfide) groups is 1. The summed E-state index contributed by atoms with van der Waals surface area (Å²) in [5, 5.41) is 1.79. The summed E-state index contributed by atoms with van der Waals surface area (Å²) in [5.41, 5.74) is 3.98. The number of amides is 1. The van der Waals surface area contributed by atoms with Crippen LogP contribution >= 0.6 is 46.6 Å². The summed E-state index contributed by atoms with van der Waals surface area (Å²) < 4.78 is 25.4. The van der Waals surface area contributed by atoms with E-state index in [1.807, 2.05) is 38.1 Å². The van der Waals surface area contributed by atoms with Crippen molar-refractivity contribution >= 4 is 75.1 Å². The topological polar surface area (TPSA) is 51.1 Å². The molecule has 0 bridgehead atoms. The average molecular weight is 642 g/mol. The molecule has 1 saturated heterocycles. The van der Waals surface area contributed by atoms with Gasteiger partial charge < -0.3 is 9.47 Å². The first kappa shape index (κ1) is 30.0. The molecule has 4 aromatic carbocycles. The monoisotopic (exact) mass is 640 g/mol. The summed E-state index contributed by atoms with van der Waals surface area (Å²) in [7, 11) is 1.48. The molecule has 1 fully saturated rings. The molecule has 4 aromatic rings.